The Kier molecular flexibility index (Phi) is 4.37. The van der Waals surface area contributed by atoms with Gasteiger partial charge in [0.2, 0.25) is 0 Å². The van der Waals surface area contributed by atoms with Crippen LogP contribution >= 0.6 is 11.6 Å². The van der Waals surface area contributed by atoms with Crippen molar-refractivity contribution in [2.45, 2.75) is 19.4 Å². The molecule has 0 saturated heterocycles. The van der Waals surface area contributed by atoms with Crippen LogP contribution in [0.4, 0.5) is 5.69 Å². The molecular formula is C15H14ClNO3. The fourth-order valence-electron chi connectivity index (χ4n) is 2.07. The fourth-order valence-corrected chi connectivity index (χ4v) is 2.25. The van der Waals surface area contributed by atoms with Crippen molar-refractivity contribution >= 4 is 17.3 Å². The van der Waals surface area contributed by atoms with E-state index in [1.807, 2.05) is 13.0 Å². The van der Waals surface area contributed by atoms with Crippen molar-refractivity contribution in [3.05, 3.63) is 74.3 Å². The van der Waals surface area contributed by atoms with Crippen molar-refractivity contribution in [1.29, 1.82) is 0 Å². The highest BCUT2D eigenvalue weighted by atomic mass is 35.5. The summed E-state index contributed by atoms with van der Waals surface area (Å²) in [6, 6.07) is 11.6. The van der Waals surface area contributed by atoms with Gasteiger partial charge in [-0.3, -0.25) is 10.1 Å². The van der Waals surface area contributed by atoms with Crippen molar-refractivity contribution in [2.24, 2.45) is 0 Å². The number of nitro benzene ring substituents is 1. The normalized spacial score (nSPS) is 12.2. The van der Waals surface area contributed by atoms with Crippen molar-refractivity contribution < 1.29 is 10.0 Å². The molecule has 0 radical (unpaired) electrons. The molecule has 1 unspecified atom stereocenters. The van der Waals surface area contributed by atoms with Crippen LogP contribution in [0, 0.1) is 17.0 Å². The zero-order chi connectivity index (χ0) is 14.7. The number of non-ortho nitro benzene ring substituents is 1. The summed E-state index contributed by atoms with van der Waals surface area (Å²) in [7, 11) is 0. The molecule has 2 aromatic rings. The Hall–Kier alpha value is -1.91. The van der Waals surface area contributed by atoms with Crippen molar-refractivity contribution in [3.8, 4) is 0 Å². The number of halogens is 1. The van der Waals surface area contributed by atoms with Crippen molar-refractivity contribution in [3.63, 3.8) is 0 Å². The first kappa shape index (κ1) is 14.5. The van der Waals surface area contributed by atoms with Gasteiger partial charge in [-0.1, -0.05) is 35.9 Å². The number of hydrogen-bond acceptors (Lipinski definition) is 3. The topological polar surface area (TPSA) is 63.4 Å². The van der Waals surface area contributed by atoms with Crippen LogP contribution in [0.2, 0.25) is 5.02 Å². The summed E-state index contributed by atoms with van der Waals surface area (Å²) < 4.78 is 0. The summed E-state index contributed by atoms with van der Waals surface area (Å²) in [5, 5.41) is 21.5. The lowest BCUT2D eigenvalue weighted by atomic mass is 9.97. The zero-order valence-electron chi connectivity index (χ0n) is 10.9. The molecule has 0 saturated carbocycles. The fraction of sp³-hybridized carbons (Fsp3) is 0.200. The highest BCUT2D eigenvalue weighted by Gasteiger charge is 2.13. The monoisotopic (exact) mass is 291 g/mol. The van der Waals surface area contributed by atoms with Crippen LogP contribution < -0.4 is 0 Å². The lowest BCUT2D eigenvalue weighted by Gasteiger charge is -2.14. The Balaban J connectivity index is 2.17. The van der Waals surface area contributed by atoms with E-state index in [0.717, 1.165) is 16.7 Å². The third-order valence-corrected chi connectivity index (χ3v) is 3.65. The van der Waals surface area contributed by atoms with Gasteiger partial charge in [0.1, 0.15) is 0 Å². The third-order valence-electron chi connectivity index (χ3n) is 3.24. The molecule has 2 aromatic carbocycles. The second-order valence-electron chi connectivity index (χ2n) is 4.60. The predicted molar refractivity (Wildman–Crippen MR) is 77.9 cm³/mol. The summed E-state index contributed by atoms with van der Waals surface area (Å²) in [5.74, 6) is 0. The molecule has 104 valence electrons. The maximum Gasteiger partial charge on any atom is 0.269 e. The predicted octanol–water partition coefficient (Wildman–Crippen LogP) is 3.83. The third kappa shape index (κ3) is 3.15. The van der Waals surface area contributed by atoms with Crippen LogP contribution in [-0.2, 0) is 6.42 Å². The molecular weight excluding hydrogens is 278 g/mol. The second kappa shape index (κ2) is 6.03. The molecule has 0 aliphatic rings. The molecule has 20 heavy (non-hydrogen) atoms. The minimum atomic E-state index is -0.685. The van der Waals surface area contributed by atoms with E-state index in [0.29, 0.717) is 11.4 Å². The molecule has 0 aliphatic heterocycles. The number of aliphatic hydroxyl groups excluding tert-OH is 1. The van der Waals surface area contributed by atoms with Crippen LogP contribution in [0.5, 0.6) is 0 Å². The van der Waals surface area contributed by atoms with E-state index >= 15 is 0 Å². The molecule has 0 aliphatic carbocycles. The summed E-state index contributed by atoms with van der Waals surface area (Å²) in [6.07, 6.45) is -0.297. The molecule has 0 amide bonds. The smallest absolute Gasteiger partial charge is 0.269 e. The van der Waals surface area contributed by atoms with E-state index in [2.05, 4.69) is 0 Å². The van der Waals surface area contributed by atoms with Crippen LogP contribution in [-0.4, -0.2) is 10.0 Å². The zero-order valence-corrected chi connectivity index (χ0v) is 11.7. The van der Waals surface area contributed by atoms with Crippen molar-refractivity contribution in [1.82, 2.24) is 0 Å². The molecule has 4 nitrogen and oxygen atoms in total. The van der Waals surface area contributed by atoms with Crippen LogP contribution in [0.15, 0.2) is 42.5 Å². The molecule has 0 bridgehead atoms. The van der Waals surface area contributed by atoms with E-state index < -0.39 is 11.0 Å². The molecule has 0 fully saturated rings. The Morgan fingerprint density at radius 1 is 1.25 bits per heavy atom. The number of nitrogens with zero attached hydrogens (tertiary/aromatic N) is 1. The Morgan fingerprint density at radius 2 is 1.90 bits per heavy atom. The molecule has 5 heteroatoms. The van der Waals surface area contributed by atoms with Crippen molar-refractivity contribution in [2.75, 3.05) is 0 Å². The van der Waals surface area contributed by atoms with Crippen LogP contribution in [0.3, 0.4) is 0 Å². The largest absolute Gasteiger partial charge is 0.388 e. The summed E-state index contributed by atoms with van der Waals surface area (Å²) in [5.41, 5.74) is 2.50. The summed E-state index contributed by atoms with van der Waals surface area (Å²) in [4.78, 5) is 10.1. The molecule has 2 rings (SSSR count). The Bertz CT molecular complexity index is 626. The Morgan fingerprint density at radius 3 is 2.50 bits per heavy atom. The quantitative estimate of drug-likeness (QED) is 0.688. The lowest BCUT2D eigenvalue weighted by molar-refractivity contribution is -0.384. The van der Waals surface area contributed by atoms with Gasteiger partial charge in [-0.05, 0) is 29.7 Å². The second-order valence-corrected chi connectivity index (χ2v) is 5.00. The van der Waals surface area contributed by atoms with Gasteiger partial charge in [0.15, 0.2) is 0 Å². The minimum Gasteiger partial charge on any atom is -0.388 e. The van der Waals surface area contributed by atoms with Gasteiger partial charge in [-0.15, -0.1) is 0 Å². The van der Waals surface area contributed by atoms with Crippen LogP contribution in [0.1, 0.15) is 22.8 Å². The number of benzene rings is 2. The highest BCUT2D eigenvalue weighted by Crippen LogP contribution is 2.26. The van der Waals surface area contributed by atoms with E-state index in [4.69, 9.17) is 11.6 Å². The van der Waals surface area contributed by atoms with E-state index in [1.54, 1.807) is 24.3 Å². The highest BCUT2D eigenvalue weighted by molar-refractivity contribution is 6.31. The SMILES string of the molecule is Cc1c(Cl)cccc1C(O)Cc1ccc([N+](=O)[O-])cc1. The van der Waals surface area contributed by atoms with Gasteiger partial charge in [-0.2, -0.15) is 0 Å². The first-order valence-electron chi connectivity index (χ1n) is 6.15. The summed E-state index contributed by atoms with van der Waals surface area (Å²) in [6.45, 7) is 1.86. The molecule has 0 spiro atoms. The lowest BCUT2D eigenvalue weighted by Crippen LogP contribution is -2.04. The van der Waals surface area contributed by atoms with E-state index in [-0.39, 0.29) is 5.69 Å². The number of nitro groups is 1. The Labute approximate surface area is 121 Å². The number of hydrogen-bond donors (Lipinski definition) is 1. The molecule has 1 atom stereocenters. The van der Waals surface area contributed by atoms with Gasteiger partial charge >= 0.3 is 0 Å². The van der Waals surface area contributed by atoms with Gasteiger partial charge < -0.3 is 5.11 Å². The maximum absolute atomic E-state index is 10.6. The van der Waals surface area contributed by atoms with Gasteiger partial charge in [0.05, 0.1) is 11.0 Å². The van der Waals surface area contributed by atoms with Gasteiger partial charge in [0, 0.05) is 23.6 Å². The number of rotatable bonds is 4. The van der Waals surface area contributed by atoms with Gasteiger partial charge in [-0.25, -0.2) is 0 Å². The maximum atomic E-state index is 10.6. The molecule has 0 aromatic heterocycles. The first-order chi connectivity index (χ1) is 9.49. The first-order valence-corrected chi connectivity index (χ1v) is 6.53. The summed E-state index contributed by atoms with van der Waals surface area (Å²) >= 11 is 6.03. The van der Waals surface area contributed by atoms with Gasteiger partial charge in [0.25, 0.3) is 5.69 Å². The minimum absolute atomic E-state index is 0.0437. The standard InChI is InChI=1S/C15H14ClNO3/c1-10-13(3-2-4-14(10)16)15(18)9-11-5-7-12(8-6-11)17(19)20/h2-8,15,18H,9H2,1H3. The molecule has 0 heterocycles. The van der Waals surface area contributed by atoms with E-state index in [1.165, 1.54) is 12.1 Å². The average molecular weight is 292 g/mol. The van der Waals surface area contributed by atoms with Crippen LogP contribution in [0.25, 0.3) is 0 Å². The molecule has 1 N–H and O–H groups in total. The van der Waals surface area contributed by atoms with E-state index in [9.17, 15) is 15.2 Å². The number of aliphatic hydroxyl groups is 1. The average Bonchev–Trinajstić information content (AvgIpc) is 2.42.